The fourth-order valence-corrected chi connectivity index (χ4v) is 2.95. The summed E-state index contributed by atoms with van der Waals surface area (Å²) in [6.45, 7) is 6.50. The molecule has 18 heavy (non-hydrogen) atoms. The minimum absolute atomic E-state index is 0.0490. The van der Waals surface area contributed by atoms with Gasteiger partial charge in [-0.3, -0.25) is 4.98 Å². The topological polar surface area (TPSA) is 76.3 Å². The van der Waals surface area contributed by atoms with Crippen molar-refractivity contribution in [2.45, 2.75) is 31.6 Å². The van der Waals surface area contributed by atoms with E-state index < -0.39 is 17.3 Å². The first-order valence-corrected chi connectivity index (χ1v) is 6.79. The number of pyridine rings is 1. The van der Waals surface area contributed by atoms with Crippen LogP contribution in [0.5, 0.6) is 0 Å². The molecule has 1 aliphatic heterocycles. The van der Waals surface area contributed by atoms with Gasteiger partial charge in [0.1, 0.15) is 10.8 Å². The maximum atomic E-state index is 12.1. The normalized spacial score (nSPS) is 24.7. The summed E-state index contributed by atoms with van der Waals surface area (Å²) >= 11 is -1.05. The third-order valence-electron chi connectivity index (χ3n) is 2.68. The maximum absolute atomic E-state index is 12.1. The van der Waals surface area contributed by atoms with Crippen LogP contribution in [0.1, 0.15) is 42.9 Å². The molecule has 1 N–H and O–H groups in total. The van der Waals surface area contributed by atoms with E-state index in [1.807, 2.05) is 25.1 Å². The van der Waals surface area contributed by atoms with Gasteiger partial charge in [0.25, 0.3) is 0 Å². The minimum atomic E-state index is -1.05. The van der Waals surface area contributed by atoms with Gasteiger partial charge in [0.2, 0.25) is 0 Å². The molecule has 1 fully saturated rings. The minimum Gasteiger partial charge on any atom is -0.597 e. The summed E-state index contributed by atoms with van der Waals surface area (Å²) in [5.41, 5.74) is 0.945. The van der Waals surface area contributed by atoms with Crippen LogP contribution >= 0.6 is 0 Å². The Morgan fingerprint density at radius 2 is 2.22 bits per heavy atom. The Morgan fingerprint density at radius 1 is 1.56 bits per heavy atom. The lowest BCUT2D eigenvalue weighted by Gasteiger charge is -2.24. The monoisotopic (exact) mass is 268 g/mol. The molecule has 3 atom stereocenters. The summed E-state index contributed by atoms with van der Waals surface area (Å²) in [4.78, 5) is 14.8. The van der Waals surface area contributed by atoms with Crippen LogP contribution in [0, 0.1) is 0 Å². The van der Waals surface area contributed by atoms with E-state index in [9.17, 15) is 9.35 Å². The molecule has 1 saturated heterocycles. The fraction of sp³-hybridized carbons (Fsp3) is 0.500. The average molecular weight is 268 g/mol. The fourth-order valence-electron chi connectivity index (χ4n) is 1.63. The highest BCUT2D eigenvalue weighted by Gasteiger charge is 2.50. The van der Waals surface area contributed by atoms with Crippen LogP contribution in [0.15, 0.2) is 18.3 Å². The second kappa shape index (κ2) is 4.53. The maximum Gasteiger partial charge on any atom is 0.337 e. The molecule has 98 valence electrons. The second-order valence-corrected chi connectivity index (χ2v) is 7.45. The van der Waals surface area contributed by atoms with E-state index in [0.717, 1.165) is 5.69 Å². The van der Waals surface area contributed by atoms with Crippen molar-refractivity contribution in [3.05, 3.63) is 29.6 Å². The number of aromatic nitrogens is 1. The zero-order valence-corrected chi connectivity index (χ0v) is 11.4. The van der Waals surface area contributed by atoms with Gasteiger partial charge in [-0.15, -0.1) is 4.31 Å². The quantitative estimate of drug-likeness (QED) is 0.665. The molecule has 2 rings (SSSR count). The van der Waals surface area contributed by atoms with Crippen LogP contribution in [0.4, 0.5) is 0 Å². The van der Waals surface area contributed by atoms with Crippen LogP contribution in [0.2, 0.25) is 0 Å². The lowest BCUT2D eigenvalue weighted by molar-refractivity contribution is 0.0696. The molecule has 6 heteroatoms. The third-order valence-corrected chi connectivity index (χ3v) is 4.56. The largest absolute Gasteiger partial charge is 0.597 e. The van der Waals surface area contributed by atoms with Gasteiger partial charge in [-0.05, 0) is 32.9 Å². The summed E-state index contributed by atoms with van der Waals surface area (Å²) in [7, 11) is 0. The molecule has 0 radical (unpaired) electrons. The summed E-state index contributed by atoms with van der Waals surface area (Å²) in [5.74, 6) is -0.986. The highest BCUT2D eigenvalue weighted by Crippen LogP contribution is 2.40. The number of hydrogen-bond acceptors (Lipinski definition) is 4. The zero-order chi connectivity index (χ0) is 13.5. The van der Waals surface area contributed by atoms with Crippen molar-refractivity contribution in [2.75, 3.05) is 6.54 Å². The highest BCUT2D eigenvalue weighted by molar-refractivity contribution is 7.90. The smallest absolute Gasteiger partial charge is 0.337 e. The standard InChI is InChI=1S/C12H16N2O3S/c1-12(2,3)18(17)14-7-10(14)9-5-4-8(6-13-9)11(15)16/h4-6,10H,7H2,1-3H3,(H,15,16)/t10-,14?,18-/m0/s1. The van der Waals surface area contributed by atoms with E-state index in [1.54, 1.807) is 6.07 Å². The van der Waals surface area contributed by atoms with Gasteiger partial charge in [-0.25, -0.2) is 4.79 Å². The molecule has 0 amide bonds. The van der Waals surface area contributed by atoms with Gasteiger partial charge in [-0.2, -0.15) is 0 Å². The molecule has 0 aromatic carbocycles. The number of carbonyl (C=O) groups is 1. The highest BCUT2D eigenvalue weighted by atomic mass is 32.2. The van der Waals surface area contributed by atoms with Crippen LogP contribution in [-0.4, -0.2) is 36.2 Å². The van der Waals surface area contributed by atoms with Crippen LogP contribution in [0.3, 0.4) is 0 Å². The molecule has 5 nitrogen and oxygen atoms in total. The number of rotatable bonds is 3. The van der Waals surface area contributed by atoms with E-state index in [0.29, 0.717) is 6.54 Å². The number of carboxylic acids is 1. The third kappa shape index (κ3) is 2.66. The zero-order valence-electron chi connectivity index (χ0n) is 10.6. The molecule has 0 saturated carbocycles. The molecular formula is C12H16N2O3S. The number of carboxylic acid groups (broad SMARTS) is 1. The van der Waals surface area contributed by atoms with Gasteiger partial charge in [0, 0.05) is 17.6 Å². The van der Waals surface area contributed by atoms with E-state index in [4.69, 9.17) is 5.11 Å². The molecule has 1 aromatic rings. The number of hydrogen-bond donors (Lipinski definition) is 1. The van der Waals surface area contributed by atoms with E-state index in [-0.39, 0.29) is 16.4 Å². The lowest BCUT2D eigenvalue weighted by atomic mass is 10.2. The summed E-state index contributed by atoms with van der Waals surface area (Å²) in [5, 5.41) is 8.78. The molecule has 1 aromatic heterocycles. The van der Waals surface area contributed by atoms with Gasteiger partial charge < -0.3 is 9.66 Å². The first kappa shape index (κ1) is 13.3. The Hall–Kier alpha value is -1.11. The van der Waals surface area contributed by atoms with Crippen LogP contribution in [-0.2, 0) is 11.4 Å². The molecule has 0 bridgehead atoms. The van der Waals surface area contributed by atoms with Gasteiger partial charge in [-0.1, -0.05) is 0 Å². The van der Waals surface area contributed by atoms with E-state index >= 15 is 0 Å². The van der Waals surface area contributed by atoms with Crippen molar-refractivity contribution in [3.8, 4) is 0 Å². The first-order chi connectivity index (χ1) is 8.30. The molecule has 2 heterocycles. The van der Waals surface area contributed by atoms with Crippen molar-refractivity contribution in [1.82, 2.24) is 9.29 Å². The van der Waals surface area contributed by atoms with Crippen molar-refractivity contribution >= 4 is 17.3 Å². The Morgan fingerprint density at radius 3 is 2.67 bits per heavy atom. The molecular weight excluding hydrogens is 252 g/mol. The molecule has 0 spiro atoms. The summed E-state index contributed by atoms with van der Waals surface area (Å²) in [6, 6.07) is 3.27. The van der Waals surface area contributed by atoms with Gasteiger partial charge in [0.15, 0.2) is 0 Å². The predicted molar refractivity (Wildman–Crippen MR) is 68.5 cm³/mol. The van der Waals surface area contributed by atoms with Crippen molar-refractivity contribution in [3.63, 3.8) is 0 Å². The van der Waals surface area contributed by atoms with Crippen molar-refractivity contribution < 1.29 is 14.5 Å². The Balaban J connectivity index is 2.06. The lowest BCUT2D eigenvalue weighted by Crippen LogP contribution is -2.33. The van der Waals surface area contributed by atoms with E-state index in [1.165, 1.54) is 12.3 Å². The van der Waals surface area contributed by atoms with Crippen LogP contribution in [0.25, 0.3) is 0 Å². The first-order valence-electron chi connectivity index (χ1n) is 5.68. The second-order valence-electron chi connectivity index (χ2n) is 5.25. The number of nitrogens with zero attached hydrogens (tertiary/aromatic N) is 2. The van der Waals surface area contributed by atoms with Crippen LogP contribution < -0.4 is 0 Å². The van der Waals surface area contributed by atoms with Crippen molar-refractivity contribution in [1.29, 1.82) is 0 Å². The SMILES string of the molecule is CC(C)(C)[S@+]([O-])N1C[C@H]1c1ccc(C(=O)O)cn1. The van der Waals surface area contributed by atoms with Crippen molar-refractivity contribution in [2.24, 2.45) is 0 Å². The Bertz CT molecular complexity index is 455. The molecule has 0 aliphatic carbocycles. The van der Waals surface area contributed by atoms with E-state index in [2.05, 4.69) is 4.98 Å². The summed E-state index contributed by atoms with van der Waals surface area (Å²) in [6.07, 6.45) is 1.34. The Kier molecular flexibility index (Phi) is 3.35. The number of aromatic carboxylic acids is 1. The average Bonchev–Trinajstić information content (AvgIpc) is 3.06. The molecule has 1 aliphatic rings. The summed E-state index contributed by atoms with van der Waals surface area (Å²) < 4.78 is 13.7. The predicted octanol–water partition coefficient (Wildman–Crippen LogP) is 1.60. The van der Waals surface area contributed by atoms with Gasteiger partial charge in [0.05, 0.1) is 17.8 Å². The molecule has 1 unspecified atom stereocenters. The van der Waals surface area contributed by atoms with Gasteiger partial charge >= 0.3 is 5.97 Å². The Labute approximate surface area is 109 Å².